The first kappa shape index (κ1) is 32.5. The van der Waals surface area contributed by atoms with Crippen molar-refractivity contribution in [2.45, 2.75) is 116 Å². The molecule has 0 bridgehead atoms. The summed E-state index contributed by atoms with van der Waals surface area (Å²) in [5.74, 6) is 0. The normalized spacial score (nSPS) is 12.2. The zero-order chi connectivity index (χ0) is 21.8. The van der Waals surface area contributed by atoms with Gasteiger partial charge in [-0.15, -0.1) is 0 Å². The molecule has 30 heavy (non-hydrogen) atoms. The summed E-state index contributed by atoms with van der Waals surface area (Å²) in [6.07, 6.45) is 23.1. The average Bonchev–Trinajstić information content (AvgIpc) is 2.65. The van der Waals surface area contributed by atoms with Crippen LogP contribution < -0.4 is 17.7 Å². The van der Waals surface area contributed by atoms with Crippen LogP contribution in [-0.2, 0) is 0 Å². The molecule has 0 spiro atoms. The van der Waals surface area contributed by atoms with E-state index in [1.165, 1.54) is 103 Å². The molecule has 0 saturated carbocycles. The maximum atomic E-state index is 9.41. The Labute approximate surface area is 195 Å². The van der Waals surface area contributed by atoms with Crippen LogP contribution in [0.25, 0.3) is 0 Å². The van der Waals surface area contributed by atoms with Gasteiger partial charge in [-0.2, -0.15) is 0 Å². The molecule has 0 aliphatic carbocycles. The Kier molecular flexibility index (Phi) is 22.9. The first-order valence-electron chi connectivity index (χ1n) is 12.5. The number of hydrogen-bond acceptors (Lipinski definition) is 4. The van der Waals surface area contributed by atoms with Crippen LogP contribution in [0, 0.1) is 0 Å². The molecule has 4 N–H and O–H groups in total. The van der Waals surface area contributed by atoms with Crippen molar-refractivity contribution in [2.24, 2.45) is 0 Å². The van der Waals surface area contributed by atoms with Crippen molar-refractivity contribution < 1.29 is 30.9 Å². The molecule has 0 aromatic rings. The van der Waals surface area contributed by atoms with Crippen molar-refractivity contribution in [3.8, 4) is 0 Å². The molecular formula is C23H53ClN2O3Si. The van der Waals surface area contributed by atoms with E-state index in [2.05, 4.69) is 12.2 Å². The van der Waals surface area contributed by atoms with Gasteiger partial charge in [-0.25, -0.2) is 0 Å². The summed E-state index contributed by atoms with van der Waals surface area (Å²) >= 11 is 0. The molecule has 184 valence electrons. The van der Waals surface area contributed by atoms with Crippen LogP contribution in [0.3, 0.4) is 0 Å². The van der Waals surface area contributed by atoms with E-state index in [1.54, 1.807) is 14.1 Å². The lowest BCUT2D eigenvalue weighted by Gasteiger charge is -2.33. The summed E-state index contributed by atoms with van der Waals surface area (Å²) in [6, 6.07) is 0. The van der Waals surface area contributed by atoms with Crippen molar-refractivity contribution in [3.63, 3.8) is 0 Å². The summed E-state index contributed by atoms with van der Waals surface area (Å²) in [7, 11) is -0.753. The van der Waals surface area contributed by atoms with Gasteiger partial charge in [-0.1, -0.05) is 103 Å². The molecular weight excluding hydrogens is 416 g/mol. The zero-order valence-corrected chi connectivity index (χ0v) is 22.1. The maximum Gasteiger partial charge on any atom is 0.775 e. The van der Waals surface area contributed by atoms with E-state index < -0.39 is 8.97 Å². The zero-order valence-electron chi connectivity index (χ0n) is 20.3. The fraction of sp³-hybridized carbons (Fsp3) is 1.00. The lowest BCUT2D eigenvalue weighted by Crippen LogP contribution is -3.00. The van der Waals surface area contributed by atoms with Crippen molar-refractivity contribution in [2.75, 3.05) is 33.7 Å². The number of hydrogen-bond donors (Lipinski definition) is 4. The Morgan fingerprint density at radius 2 is 0.900 bits per heavy atom. The van der Waals surface area contributed by atoms with E-state index in [1.807, 2.05) is 0 Å². The first-order valence-corrected chi connectivity index (χ1v) is 14.3. The third kappa shape index (κ3) is 20.2. The second-order valence-corrected chi connectivity index (χ2v) is 11.8. The van der Waals surface area contributed by atoms with E-state index in [0.29, 0.717) is 6.54 Å². The number of rotatable bonds is 22. The van der Waals surface area contributed by atoms with Crippen LogP contribution in [0.15, 0.2) is 0 Å². The molecule has 5 nitrogen and oxygen atoms in total. The lowest BCUT2D eigenvalue weighted by molar-refractivity contribution is -0.818. The second-order valence-electron chi connectivity index (χ2n) is 9.42. The highest BCUT2D eigenvalue weighted by atomic mass is 35.5. The SMILES string of the molecule is CCCCCCCCCCCCCCCCCCNCCC[N+](C)(C)[Si](O)(O)O.[Cl-]. The van der Waals surface area contributed by atoms with Gasteiger partial charge in [0, 0.05) is 13.0 Å². The molecule has 0 amide bonds. The molecule has 0 saturated heterocycles. The Hall–Kier alpha value is 0.307. The molecule has 0 radical (unpaired) electrons. The van der Waals surface area contributed by atoms with E-state index in [9.17, 15) is 14.4 Å². The molecule has 0 aliphatic rings. The Morgan fingerprint density at radius 1 is 0.567 bits per heavy atom. The fourth-order valence-electron chi connectivity index (χ4n) is 3.67. The molecule has 7 heteroatoms. The van der Waals surface area contributed by atoms with Gasteiger partial charge in [0.2, 0.25) is 0 Å². The van der Waals surface area contributed by atoms with Crippen LogP contribution in [0.2, 0.25) is 0 Å². The predicted octanol–water partition coefficient (Wildman–Crippen LogP) is 1.72. The van der Waals surface area contributed by atoms with Crippen molar-refractivity contribution in [3.05, 3.63) is 0 Å². The van der Waals surface area contributed by atoms with Gasteiger partial charge in [-0.05, 0) is 13.0 Å². The molecule has 0 rings (SSSR count). The van der Waals surface area contributed by atoms with Gasteiger partial charge in [0.15, 0.2) is 0 Å². The summed E-state index contributed by atoms with van der Waals surface area (Å²) in [4.78, 5) is 28.2. The Morgan fingerprint density at radius 3 is 1.27 bits per heavy atom. The highest BCUT2D eigenvalue weighted by molar-refractivity contribution is 6.47. The van der Waals surface area contributed by atoms with Crippen LogP contribution >= 0.6 is 0 Å². The quantitative estimate of drug-likeness (QED) is 0.144. The number of quaternary nitrogens is 1. The summed E-state index contributed by atoms with van der Waals surface area (Å²) < 4.78 is -0.0896. The van der Waals surface area contributed by atoms with Crippen LogP contribution in [0.5, 0.6) is 0 Å². The van der Waals surface area contributed by atoms with Crippen molar-refractivity contribution in [1.29, 1.82) is 0 Å². The van der Waals surface area contributed by atoms with E-state index in [0.717, 1.165) is 19.5 Å². The van der Waals surface area contributed by atoms with Crippen LogP contribution in [0.4, 0.5) is 0 Å². The smallest absolute Gasteiger partial charge is 0.775 e. The standard InChI is InChI=1S/C23H53N2O3Si.ClH/c1-4-5-6-7-8-9-10-11-12-13-14-15-16-17-18-19-21-24-22-20-23-25(2,3)29(26,27)28;/h24,26-28H,4-23H2,1-3H3;1H/q+1;/p-1. The maximum absolute atomic E-state index is 9.41. The van der Waals surface area contributed by atoms with Gasteiger partial charge in [0.1, 0.15) is 0 Å². The topological polar surface area (TPSA) is 72.7 Å². The van der Waals surface area contributed by atoms with E-state index >= 15 is 0 Å². The van der Waals surface area contributed by atoms with Gasteiger partial charge < -0.3 is 36.3 Å². The highest BCUT2D eigenvalue weighted by Crippen LogP contribution is 2.13. The average molecular weight is 469 g/mol. The van der Waals surface area contributed by atoms with Gasteiger partial charge in [0.05, 0.1) is 20.6 Å². The minimum Gasteiger partial charge on any atom is -1.00 e. The molecule has 0 unspecified atom stereocenters. The van der Waals surface area contributed by atoms with Gasteiger partial charge >= 0.3 is 8.97 Å². The number of nitrogens with zero attached hydrogens (tertiary/aromatic N) is 1. The van der Waals surface area contributed by atoms with Gasteiger partial charge in [-0.3, -0.25) is 0 Å². The number of unbranched alkanes of at least 4 members (excludes halogenated alkanes) is 15. The Balaban J connectivity index is 0. The predicted molar refractivity (Wildman–Crippen MR) is 126 cm³/mol. The van der Waals surface area contributed by atoms with E-state index in [4.69, 9.17) is 0 Å². The Bertz CT molecular complexity index is 356. The van der Waals surface area contributed by atoms with Crippen LogP contribution in [-0.4, -0.2) is 61.2 Å². The summed E-state index contributed by atoms with van der Waals surface area (Å²) in [5, 5.41) is 3.42. The summed E-state index contributed by atoms with van der Waals surface area (Å²) in [5.41, 5.74) is 0. The minimum absolute atomic E-state index is 0. The molecule has 0 fully saturated rings. The third-order valence-corrected chi connectivity index (χ3v) is 7.94. The number of halogens is 1. The fourth-order valence-corrected chi connectivity index (χ4v) is 4.13. The monoisotopic (exact) mass is 468 g/mol. The van der Waals surface area contributed by atoms with Gasteiger partial charge in [0.25, 0.3) is 0 Å². The number of nitrogens with one attached hydrogen (secondary N) is 1. The minimum atomic E-state index is -4.09. The van der Waals surface area contributed by atoms with Crippen LogP contribution in [0.1, 0.15) is 116 Å². The lowest BCUT2D eigenvalue weighted by atomic mass is 10.0. The van der Waals surface area contributed by atoms with Crippen molar-refractivity contribution in [1.82, 2.24) is 5.32 Å². The first-order chi connectivity index (χ1) is 13.8. The molecule has 0 aromatic carbocycles. The second kappa shape index (κ2) is 21.2. The largest absolute Gasteiger partial charge is 1.00 e. The van der Waals surface area contributed by atoms with Crippen molar-refractivity contribution >= 4 is 8.97 Å². The molecule has 0 atom stereocenters. The van der Waals surface area contributed by atoms with E-state index in [-0.39, 0.29) is 16.6 Å². The molecule has 0 aliphatic heterocycles. The summed E-state index contributed by atoms with van der Waals surface area (Å²) in [6.45, 7) is 4.75. The third-order valence-electron chi connectivity index (χ3n) is 6.09. The molecule has 0 heterocycles. The highest BCUT2D eigenvalue weighted by Gasteiger charge is 2.51. The molecule has 0 aromatic heterocycles.